The van der Waals surface area contributed by atoms with Crippen molar-refractivity contribution in [1.29, 1.82) is 0 Å². The first-order chi connectivity index (χ1) is 8.73. The van der Waals surface area contributed by atoms with Crippen LogP contribution in [0.1, 0.15) is 40.0 Å². The second kappa shape index (κ2) is 6.11. The van der Waals surface area contributed by atoms with Crippen LogP contribution in [0.2, 0.25) is 0 Å². The number of nitrogens with zero attached hydrogens (tertiary/aromatic N) is 1. The number of aliphatic carboxylic acids is 1. The fraction of sp³-hybridized carbons (Fsp3) is 0.692. The van der Waals surface area contributed by atoms with E-state index in [0.717, 1.165) is 0 Å². The molecule has 0 radical (unpaired) electrons. The number of likely N-dealkylation sites (tertiary alicyclic amines) is 1. The fourth-order valence-corrected chi connectivity index (χ4v) is 2.48. The van der Waals surface area contributed by atoms with Gasteiger partial charge < -0.3 is 9.84 Å². The highest BCUT2D eigenvalue weighted by Gasteiger charge is 2.50. The minimum Gasteiger partial charge on any atom is -0.479 e. The summed E-state index contributed by atoms with van der Waals surface area (Å²) in [6, 6.07) is 0. The first kappa shape index (κ1) is 16.3. The van der Waals surface area contributed by atoms with Gasteiger partial charge in [0.25, 0.3) is 0 Å². The molecule has 6 heteroatoms. The molecule has 1 saturated heterocycles. The molecule has 0 bridgehead atoms. The monoisotopic (exact) mass is 381 g/mol. The molecule has 108 valence electrons. The molecule has 5 nitrogen and oxygen atoms in total. The number of carbonyl (C=O) groups is 2. The number of ether oxygens (including phenoxy) is 1. The van der Waals surface area contributed by atoms with Gasteiger partial charge in [0.1, 0.15) is 11.1 Å². The predicted octanol–water partition coefficient (Wildman–Crippen LogP) is 3.18. The van der Waals surface area contributed by atoms with Gasteiger partial charge >= 0.3 is 12.1 Å². The molecular formula is C13H20INO4. The van der Waals surface area contributed by atoms with E-state index in [1.54, 1.807) is 30.9 Å². The molecule has 0 saturated carbocycles. The number of carbonyl (C=O) groups excluding carboxylic acids is 1. The number of rotatable bonds is 3. The molecule has 0 spiro atoms. The number of carboxylic acid groups (broad SMARTS) is 1. The second-order valence-corrected chi connectivity index (χ2v) is 6.36. The van der Waals surface area contributed by atoms with Crippen molar-refractivity contribution in [1.82, 2.24) is 4.90 Å². The minimum atomic E-state index is -1.16. The zero-order chi connectivity index (χ0) is 14.7. The lowest BCUT2D eigenvalue weighted by Crippen LogP contribution is -2.54. The maximum Gasteiger partial charge on any atom is 0.411 e. The normalized spacial score (nSPS) is 23.9. The van der Waals surface area contributed by atoms with Gasteiger partial charge in [0, 0.05) is 13.0 Å². The smallest absolute Gasteiger partial charge is 0.411 e. The van der Waals surface area contributed by atoms with Crippen molar-refractivity contribution in [3.63, 3.8) is 0 Å². The van der Waals surface area contributed by atoms with E-state index < -0.39 is 23.2 Å². The third-order valence-electron chi connectivity index (χ3n) is 3.05. The van der Waals surface area contributed by atoms with Crippen molar-refractivity contribution < 1.29 is 19.4 Å². The van der Waals surface area contributed by atoms with E-state index in [4.69, 9.17) is 4.74 Å². The lowest BCUT2D eigenvalue weighted by atomic mass is 9.92. The van der Waals surface area contributed by atoms with Crippen molar-refractivity contribution in [2.45, 2.75) is 51.2 Å². The topological polar surface area (TPSA) is 66.8 Å². The van der Waals surface area contributed by atoms with Crippen LogP contribution in [0.4, 0.5) is 4.79 Å². The Labute approximate surface area is 127 Å². The number of carboxylic acids is 1. The van der Waals surface area contributed by atoms with Gasteiger partial charge in [0.15, 0.2) is 0 Å². The first-order valence-electron chi connectivity index (χ1n) is 6.22. The Balaban J connectivity index is 2.96. The van der Waals surface area contributed by atoms with Crippen LogP contribution in [0.3, 0.4) is 0 Å². The Kier molecular flexibility index (Phi) is 5.23. The summed E-state index contributed by atoms with van der Waals surface area (Å²) in [5.41, 5.74) is -1.78. The second-order valence-electron chi connectivity index (χ2n) is 5.64. The van der Waals surface area contributed by atoms with Crippen LogP contribution in [0.5, 0.6) is 0 Å². The Hall–Kier alpha value is -0.790. The van der Waals surface area contributed by atoms with E-state index in [2.05, 4.69) is 0 Å². The molecule has 1 rings (SSSR count). The van der Waals surface area contributed by atoms with E-state index in [-0.39, 0.29) is 0 Å². The summed E-state index contributed by atoms with van der Waals surface area (Å²) in [5.74, 6) is -0.967. The average molecular weight is 381 g/mol. The van der Waals surface area contributed by atoms with Crippen LogP contribution in [0.15, 0.2) is 10.2 Å². The minimum absolute atomic E-state index is 0.310. The molecule has 1 aliphatic heterocycles. The third kappa shape index (κ3) is 3.84. The molecule has 1 aliphatic rings. The maximum absolute atomic E-state index is 12.2. The Morgan fingerprint density at radius 3 is 2.58 bits per heavy atom. The van der Waals surface area contributed by atoms with E-state index >= 15 is 0 Å². The zero-order valence-corrected chi connectivity index (χ0v) is 13.6. The van der Waals surface area contributed by atoms with Gasteiger partial charge in [-0.05, 0) is 37.7 Å². The van der Waals surface area contributed by atoms with Crippen molar-refractivity contribution in [2.75, 3.05) is 6.54 Å². The molecule has 0 unspecified atom stereocenters. The summed E-state index contributed by atoms with van der Waals surface area (Å²) in [5, 5.41) is 9.52. The maximum atomic E-state index is 12.2. The molecule has 1 fully saturated rings. The van der Waals surface area contributed by atoms with Gasteiger partial charge in [0.2, 0.25) is 0 Å². The largest absolute Gasteiger partial charge is 0.479 e. The quantitative estimate of drug-likeness (QED) is 0.763. The van der Waals surface area contributed by atoms with E-state index in [0.29, 0.717) is 25.8 Å². The van der Waals surface area contributed by atoms with Crippen LogP contribution in [-0.2, 0) is 9.53 Å². The van der Waals surface area contributed by atoms with Gasteiger partial charge in [-0.25, -0.2) is 9.59 Å². The van der Waals surface area contributed by atoms with Gasteiger partial charge in [0.05, 0.1) is 0 Å². The summed E-state index contributed by atoms with van der Waals surface area (Å²) in [6.45, 7) is 5.74. The summed E-state index contributed by atoms with van der Waals surface area (Å²) < 4.78 is 7.08. The molecule has 0 aromatic heterocycles. The predicted molar refractivity (Wildman–Crippen MR) is 80.3 cm³/mol. The molecule has 19 heavy (non-hydrogen) atoms. The van der Waals surface area contributed by atoms with Crippen LogP contribution >= 0.6 is 22.6 Å². The summed E-state index contributed by atoms with van der Waals surface area (Å²) in [4.78, 5) is 25.1. The SMILES string of the molecule is CC(C)(C)OC(=O)N1CCC[C@]1(C/C=C\I)C(=O)O. The van der Waals surface area contributed by atoms with Crippen molar-refractivity contribution >= 4 is 34.7 Å². The Morgan fingerprint density at radius 1 is 1.47 bits per heavy atom. The van der Waals surface area contributed by atoms with Crippen LogP contribution < -0.4 is 0 Å². The molecule has 0 aliphatic carbocycles. The lowest BCUT2D eigenvalue weighted by molar-refractivity contribution is -0.149. The molecular weight excluding hydrogens is 361 g/mol. The van der Waals surface area contributed by atoms with E-state index in [9.17, 15) is 14.7 Å². The van der Waals surface area contributed by atoms with Crippen LogP contribution in [0.25, 0.3) is 0 Å². The number of hydrogen-bond acceptors (Lipinski definition) is 3. The van der Waals surface area contributed by atoms with Gasteiger partial charge in [-0.3, -0.25) is 4.90 Å². The van der Waals surface area contributed by atoms with Crippen molar-refractivity contribution in [2.24, 2.45) is 0 Å². The molecule has 1 amide bonds. The zero-order valence-electron chi connectivity index (χ0n) is 11.5. The Morgan fingerprint density at radius 2 is 2.11 bits per heavy atom. The summed E-state index contributed by atoms with van der Waals surface area (Å²) in [7, 11) is 0. The highest BCUT2D eigenvalue weighted by molar-refractivity contribution is 14.1. The molecule has 1 atom stereocenters. The van der Waals surface area contributed by atoms with Crippen molar-refractivity contribution in [3.05, 3.63) is 10.2 Å². The van der Waals surface area contributed by atoms with Crippen LogP contribution in [0, 0.1) is 0 Å². The van der Waals surface area contributed by atoms with Crippen molar-refractivity contribution in [3.8, 4) is 0 Å². The molecule has 0 aromatic carbocycles. The number of amides is 1. The first-order valence-corrected chi connectivity index (χ1v) is 7.47. The van der Waals surface area contributed by atoms with Gasteiger partial charge in [-0.1, -0.05) is 28.7 Å². The number of halogens is 1. The molecule has 1 heterocycles. The van der Waals surface area contributed by atoms with Crippen LogP contribution in [-0.4, -0.2) is 39.8 Å². The average Bonchev–Trinajstić information content (AvgIpc) is 2.69. The van der Waals surface area contributed by atoms with E-state index in [1.165, 1.54) is 4.90 Å². The van der Waals surface area contributed by atoms with E-state index in [1.807, 2.05) is 22.6 Å². The summed E-state index contributed by atoms with van der Waals surface area (Å²) in [6.07, 6.45) is 2.68. The fourth-order valence-electron chi connectivity index (χ4n) is 2.22. The Bertz CT molecular complexity index is 389. The molecule has 0 aromatic rings. The summed E-state index contributed by atoms with van der Waals surface area (Å²) >= 11 is 2.04. The number of hydrogen-bond donors (Lipinski definition) is 1. The van der Waals surface area contributed by atoms with Gasteiger partial charge in [-0.15, -0.1) is 0 Å². The third-order valence-corrected chi connectivity index (χ3v) is 3.55. The standard InChI is InChI=1S/C13H20INO4/c1-12(2,3)19-11(18)15-9-5-7-13(15,10(16)17)6-4-8-14/h4,8H,5-7,9H2,1-3H3,(H,16,17)/b8-4-/t13-/m1/s1. The highest BCUT2D eigenvalue weighted by atomic mass is 127. The highest BCUT2D eigenvalue weighted by Crippen LogP contribution is 2.34. The lowest BCUT2D eigenvalue weighted by Gasteiger charge is -2.35. The van der Waals surface area contributed by atoms with Gasteiger partial charge in [-0.2, -0.15) is 0 Å². The molecule has 1 N–H and O–H groups in total.